The Morgan fingerprint density at radius 3 is 0.714 bits per heavy atom. The molecule has 49 heavy (non-hydrogen) atoms. The van der Waals surface area contributed by atoms with E-state index >= 15 is 0 Å². The van der Waals surface area contributed by atoms with Gasteiger partial charge in [-0.15, -0.1) is 0 Å². The van der Waals surface area contributed by atoms with E-state index in [1.807, 2.05) is 0 Å². The third kappa shape index (κ3) is 65.8. The smallest absolute Gasteiger partial charge is 0.550 e. The standard InChI is InChI=1S/3C14H26O2.La/c3*1-2-3-4-5-6-7-8-9-10-11-12-13-14(15)16;/h3*5-6H,2-4,7-13H2,1H3,(H,15,16);/q;;;+3/p-3/b3*6-5-;. The van der Waals surface area contributed by atoms with E-state index in [0.717, 1.165) is 57.8 Å². The summed E-state index contributed by atoms with van der Waals surface area (Å²) in [5.41, 5.74) is 0. The van der Waals surface area contributed by atoms with Crippen molar-refractivity contribution in [2.75, 3.05) is 0 Å². The zero-order valence-corrected chi connectivity index (χ0v) is 35.8. The van der Waals surface area contributed by atoms with E-state index in [9.17, 15) is 29.7 Å². The molecule has 0 saturated heterocycles. The van der Waals surface area contributed by atoms with Gasteiger partial charge in [0.25, 0.3) is 0 Å². The molecule has 0 radical (unpaired) electrons. The van der Waals surface area contributed by atoms with Crippen molar-refractivity contribution in [2.45, 2.75) is 213 Å². The van der Waals surface area contributed by atoms with Crippen LogP contribution in [0.15, 0.2) is 36.5 Å². The van der Waals surface area contributed by atoms with Crippen LogP contribution in [0.4, 0.5) is 0 Å². The van der Waals surface area contributed by atoms with Gasteiger partial charge in [-0.2, -0.15) is 0 Å². The normalized spacial score (nSPS) is 10.8. The third-order valence-corrected chi connectivity index (χ3v) is 7.93. The summed E-state index contributed by atoms with van der Waals surface area (Å²) in [6.07, 6.45) is 45.3. The van der Waals surface area contributed by atoms with Crippen molar-refractivity contribution in [3.63, 3.8) is 0 Å². The molecular weight excluding hydrogens is 739 g/mol. The Kier molecular flexibility index (Phi) is 57.0. The van der Waals surface area contributed by atoms with Gasteiger partial charge >= 0.3 is 35.6 Å². The number of carbonyl (C=O) groups excluding carboxylic acids is 3. The Balaban J connectivity index is -0.000000307. The molecule has 0 heterocycles. The number of rotatable bonds is 33. The predicted octanol–water partition coefficient (Wildman–Crippen LogP) is 9.64. The van der Waals surface area contributed by atoms with Crippen molar-refractivity contribution in [3.8, 4) is 0 Å². The molecule has 0 amide bonds. The summed E-state index contributed by atoms with van der Waals surface area (Å²) < 4.78 is 0. The Labute approximate surface area is 331 Å². The number of allylic oxidation sites excluding steroid dienone is 6. The van der Waals surface area contributed by atoms with E-state index < -0.39 is 17.9 Å². The van der Waals surface area contributed by atoms with Crippen LogP contribution in [-0.2, 0) is 14.4 Å². The minimum atomic E-state index is -0.918. The molecule has 0 bridgehead atoms. The van der Waals surface area contributed by atoms with Gasteiger partial charge in [-0.05, 0) is 96.3 Å². The molecule has 0 aromatic carbocycles. The monoisotopic (exact) mass is 814 g/mol. The minimum Gasteiger partial charge on any atom is -0.550 e. The summed E-state index contributed by atoms with van der Waals surface area (Å²) in [4.78, 5) is 30.4. The molecule has 0 aliphatic heterocycles. The first kappa shape index (κ1) is 54.6. The summed E-state index contributed by atoms with van der Waals surface area (Å²) in [6.45, 7) is 6.63. The number of carboxylic acid groups (broad SMARTS) is 3. The van der Waals surface area contributed by atoms with Crippen LogP contribution in [0.5, 0.6) is 0 Å². The average molecular weight is 815 g/mol. The fraction of sp³-hybridized carbons (Fsp3) is 0.786. The number of carbonyl (C=O) groups is 3. The van der Waals surface area contributed by atoms with Gasteiger partial charge in [0.05, 0.1) is 0 Å². The first-order valence-corrected chi connectivity index (χ1v) is 19.9. The molecule has 0 unspecified atom stereocenters. The third-order valence-electron chi connectivity index (χ3n) is 7.93. The molecule has 0 rings (SSSR count). The number of carboxylic acids is 3. The van der Waals surface area contributed by atoms with Crippen LogP contribution in [0.3, 0.4) is 0 Å². The Morgan fingerprint density at radius 1 is 0.327 bits per heavy atom. The minimum absolute atomic E-state index is 0. The van der Waals surface area contributed by atoms with Gasteiger partial charge in [-0.25, -0.2) is 0 Å². The molecule has 0 atom stereocenters. The van der Waals surface area contributed by atoms with E-state index in [-0.39, 0.29) is 54.9 Å². The van der Waals surface area contributed by atoms with Crippen LogP contribution >= 0.6 is 0 Å². The molecule has 7 heteroatoms. The summed E-state index contributed by atoms with van der Waals surface area (Å²) in [6, 6.07) is 0. The van der Waals surface area contributed by atoms with Crippen LogP contribution in [0.25, 0.3) is 0 Å². The Bertz CT molecular complexity index is 662. The van der Waals surface area contributed by atoms with Crippen molar-refractivity contribution in [2.24, 2.45) is 0 Å². The second-order valence-electron chi connectivity index (χ2n) is 12.9. The topological polar surface area (TPSA) is 120 Å². The zero-order chi connectivity index (χ0) is 36.2. The number of hydrogen-bond donors (Lipinski definition) is 0. The van der Waals surface area contributed by atoms with Gasteiger partial charge in [0, 0.05) is 17.9 Å². The molecule has 6 nitrogen and oxygen atoms in total. The Morgan fingerprint density at radius 2 is 0.510 bits per heavy atom. The van der Waals surface area contributed by atoms with Crippen LogP contribution in [0.1, 0.15) is 213 Å². The van der Waals surface area contributed by atoms with E-state index in [1.165, 1.54) is 116 Å². The molecule has 0 aliphatic carbocycles. The molecule has 282 valence electrons. The maximum absolute atomic E-state index is 10.1. The Hall–Kier alpha value is -1.18. The summed E-state index contributed by atoms with van der Waals surface area (Å²) >= 11 is 0. The van der Waals surface area contributed by atoms with E-state index in [2.05, 4.69) is 57.2 Å². The van der Waals surface area contributed by atoms with Crippen molar-refractivity contribution < 1.29 is 65.3 Å². The second kappa shape index (κ2) is 51.2. The quantitative estimate of drug-likeness (QED) is 0.0481. The summed E-state index contributed by atoms with van der Waals surface area (Å²) in [5, 5.41) is 30.4. The molecule has 0 aliphatic rings. The number of aliphatic carboxylic acids is 3. The summed E-state index contributed by atoms with van der Waals surface area (Å²) in [5.74, 6) is -2.75. The molecule has 0 spiro atoms. The number of unbranched alkanes of at least 4 members (excludes halogenated alkanes) is 21. The largest absolute Gasteiger partial charge is 3.00 e. The van der Waals surface area contributed by atoms with Gasteiger partial charge in [-0.3, -0.25) is 0 Å². The predicted molar refractivity (Wildman–Crippen MR) is 198 cm³/mol. The molecule has 0 fully saturated rings. The fourth-order valence-electron chi connectivity index (χ4n) is 4.86. The number of hydrogen-bond acceptors (Lipinski definition) is 6. The molecule has 0 N–H and O–H groups in total. The van der Waals surface area contributed by atoms with Crippen molar-refractivity contribution >= 4 is 17.9 Å². The van der Waals surface area contributed by atoms with Gasteiger partial charge < -0.3 is 29.7 Å². The van der Waals surface area contributed by atoms with Gasteiger partial charge in [0.2, 0.25) is 0 Å². The SMILES string of the molecule is CCCC/C=C\CCCCCCCC(=O)[O-].CCCC/C=C\CCCCCCCC(=O)[O-].CCCC/C=C\CCCCCCCC(=O)[O-].[La+3]. The van der Waals surface area contributed by atoms with Gasteiger partial charge in [0.1, 0.15) is 0 Å². The maximum Gasteiger partial charge on any atom is 3.00 e. The molecular formula is C42H75LaO6. The van der Waals surface area contributed by atoms with Crippen LogP contribution in [-0.4, -0.2) is 17.9 Å². The zero-order valence-electron chi connectivity index (χ0n) is 32.2. The second-order valence-corrected chi connectivity index (χ2v) is 12.9. The van der Waals surface area contributed by atoms with Crippen LogP contribution in [0, 0.1) is 35.6 Å². The van der Waals surface area contributed by atoms with Gasteiger partial charge in [-0.1, -0.05) is 154 Å². The molecule has 0 aromatic rings. The van der Waals surface area contributed by atoms with E-state index in [4.69, 9.17) is 0 Å². The van der Waals surface area contributed by atoms with Gasteiger partial charge in [0.15, 0.2) is 0 Å². The van der Waals surface area contributed by atoms with Crippen LogP contribution in [0.2, 0.25) is 0 Å². The fourth-order valence-corrected chi connectivity index (χ4v) is 4.86. The van der Waals surface area contributed by atoms with Crippen molar-refractivity contribution in [3.05, 3.63) is 36.5 Å². The first-order valence-electron chi connectivity index (χ1n) is 19.9. The van der Waals surface area contributed by atoms with Crippen molar-refractivity contribution in [1.29, 1.82) is 0 Å². The maximum atomic E-state index is 10.1. The molecule has 0 saturated carbocycles. The molecule has 0 aromatic heterocycles. The first-order chi connectivity index (χ1) is 23.3. The van der Waals surface area contributed by atoms with E-state index in [1.54, 1.807) is 0 Å². The van der Waals surface area contributed by atoms with E-state index in [0.29, 0.717) is 0 Å². The summed E-state index contributed by atoms with van der Waals surface area (Å²) in [7, 11) is 0. The average Bonchev–Trinajstić information content (AvgIpc) is 3.05. The van der Waals surface area contributed by atoms with Crippen LogP contribution < -0.4 is 15.3 Å². The van der Waals surface area contributed by atoms with Crippen molar-refractivity contribution in [1.82, 2.24) is 0 Å².